The van der Waals surface area contributed by atoms with Gasteiger partial charge in [-0.1, -0.05) is 36.4 Å². The monoisotopic (exact) mass is 346 g/mol. The largest absolute Gasteiger partial charge is 0.376 e. The molecule has 1 fully saturated rings. The van der Waals surface area contributed by atoms with E-state index in [-0.39, 0.29) is 18.1 Å². The van der Waals surface area contributed by atoms with Crippen molar-refractivity contribution in [2.75, 3.05) is 13.2 Å². The number of nitrogens with zero attached hydrogens (tertiary/aromatic N) is 1. The van der Waals surface area contributed by atoms with Gasteiger partial charge in [-0.3, -0.25) is 4.79 Å². The highest BCUT2D eigenvalue weighted by Gasteiger charge is 2.40. The maximum absolute atomic E-state index is 13.2. The molecule has 2 aliphatic rings. The van der Waals surface area contributed by atoms with Gasteiger partial charge in [-0.25, -0.2) is 0 Å². The molecule has 1 aromatic heterocycles. The first-order valence-corrected chi connectivity index (χ1v) is 9.33. The standard InChI is InChI=1S/C22H22N2O2/c1-14-20(18-10-4-5-11-19(18)23-14)21-16-8-2-3-9-17(16)22(25)24(21)13-15-7-6-12-26-15/h2-5,8-11,15,21,23H,6-7,12-13H2,1H3/t15-,21-/m1/s1. The summed E-state index contributed by atoms with van der Waals surface area (Å²) < 4.78 is 5.84. The van der Waals surface area contributed by atoms with E-state index in [1.165, 1.54) is 10.9 Å². The van der Waals surface area contributed by atoms with Crippen molar-refractivity contribution >= 4 is 16.8 Å². The van der Waals surface area contributed by atoms with E-state index in [1.807, 2.05) is 29.2 Å². The number of benzene rings is 2. The molecule has 1 amide bonds. The van der Waals surface area contributed by atoms with Crippen LogP contribution in [0.25, 0.3) is 10.9 Å². The topological polar surface area (TPSA) is 45.3 Å². The number of nitrogens with one attached hydrogen (secondary N) is 1. The lowest BCUT2D eigenvalue weighted by atomic mass is 9.95. The van der Waals surface area contributed by atoms with Crippen LogP contribution >= 0.6 is 0 Å². The number of hydrogen-bond donors (Lipinski definition) is 1. The van der Waals surface area contributed by atoms with Crippen LogP contribution in [0.4, 0.5) is 0 Å². The summed E-state index contributed by atoms with van der Waals surface area (Å²) in [6.45, 7) is 3.55. The fourth-order valence-corrected chi connectivity index (χ4v) is 4.53. The van der Waals surface area contributed by atoms with E-state index >= 15 is 0 Å². The number of hydrogen-bond acceptors (Lipinski definition) is 2. The van der Waals surface area contributed by atoms with Crippen molar-refractivity contribution < 1.29 is 9.53 Å². The number of rotatable bonds is 3. The number of aromatic amines is 1. The van der Waals surface area contributed by atoms with Gasteiger partial charge in [-0.2, -0.15) is 0 Å². The zero-order valence-electron chi connectivity index (χ0n) is 14.9. The van der Waals surface area contributed by atoms with E-state index in [2.05, 4.69) is 36.2 Å². The van der Waals surface area contributed by atoms with Crippen molar-refractivity contribution in [3.63, 3.8) is 0 Å². The molecule has 26 heavy (non-hydrogen) atoms. The zero-order chi connectivity index (χ0) is 17.7. The number of fused-ring (bicyclic) bond motifs is 2. The molecule has 4 nitrogen and oxygen atoms in total. The van der Waals surface area contributed by atoms with E-state index in [9.17, 15) is 4.79 Å². The van der Waals surface area contributed by atoms with E-state index in [4.69, 9.17) is 4.74 Å². The molecule has 2 aromatic carbocycles. The number of carbonyl (C=O) groups is 1. The molecule has 0 radical (unpaired) electrons. The van der Waals surface area contributed by atoms with Crippen LogP contribution in [-0.4, -0.2) is 35.0 Å². The first kappa shape index (κ1) is 15.6. The van der Waals surface area contributed by atoms with Crippen LogP contribution in [-0.2, 0) is 4.74 Å². The van der Waals surface area contributed by atoms with Crippen molar-refractivity contribution in [3.05, 3.63) is 70.9 Å². The van der Waals surface area contributed by atoms with Crippen molar-refractivity contribution in [2.45, 2.75) is 31.9 Å². The fraction of sp³-hybridized carbons (Fsp3) is 0.318. The van der Waals surface area contributed by atoms with E-state index in [0.717, 1.165) is 41.8 Å². The maximum Gasteiger partial charge on any atom is 0.255 e. The first-order chi connectivity index (χ1) is 12.7. The smallest absolute Gasteiger partial charge is 0.255 e. The third-order valence-corrected chi connectivity index (χ3v) is 5.70. The van der Waals surface area contributed by atoms with Crippen molar-refractivity contribution in [1.29, 1.82) is 0 Å². The average molecular weight is 346 g/mol. The Kier molecular flexibility index (Phi) is 3.61. The van der Waals surface area contributed by atoms with Gasteiger partial charge in [0.25, 0.3) is 5.91 Å². The summed E-state index contributed by atoms with van der Waals surface area (Å²) >= 11 is 0. The molecule has 3 aromatic rings. The van der Waals surface area contributed by atoms with E-state index in [0.29, 0.717) is 6.54 Å². The number of aryl methyl sites for hydroxylation is 1. The van der Waals surface area contributed by atoms with Gasteiger partial charge in [0.2, 0.25) is 0 Å². The lowest BCUT2D eigenvalue weighted by Gasteiger charge is -2.28. The molecule has 0 spiro atoms. The summed E-state index contributed by atoms with van der Waals surface area (Å²) in [5, 5.41) is 1.19. The minimum absolute atomic E-state index is 0.0564. The average Bonchev–Trinajstić information content (AvgIpc) is 3.34. The van der Waals surface area contributed by atoms with Gasteiger partial charge >= 0.3 is 0 Å². The van der Waals surface area contributed by atoms with Gasteiger partial charge in [0.15, 0.2) is 0 Å². The molecule has 1 saturated heterocycles. The van der Waals surface area contributed by atoms with Crippen LogP contribution in [0.1, 0.15) is 46.1 Å². The number of amides is 1. The molecule has 132 valence electrons. The van der Waals surface area contributed by atoms with Crippen molar-refractivity contribution in [3.8, 4) is 0 Å². The third kappa shape index (κ3) is 2.29. The summed E-state index contributed by atoms with van der Waals surface area (Å²) in [4.78, 5) is 18.7. The zero-order valence-corrected chi connectivity index (χ0v) is 14.9. The van der Waals surface area contributed by atoms with Gasteiger partial charge < -0.3 is 14.6 Å². The minimum Gasteiger partial charge on any atom is -0.376 e. The summed E-state index contributed by atoms with van der Waals surface area (Å²) in [5.74, 6) is 0.116. The second kappa shape index (κ2) is 5.99. The molecular weight excluding hydrogens is 324 g/mol. The molecular formula is C22H22N2O2. The van der Waals surface area contributed by atoms with Crippen molar-refractivity contribution in [2.24, 2.45) is 0 Å². The Morgan fingerprint density at radius 2 is 1.96 bits per heavy atom. The molecule has 5 rings (SSSR count). The van der Waals surface area contributed by atoms with Gasteiger partial charge in [0.05, 0.1) is 12.1 Å². The predicted octanol–water partition coefficient (Wildman–Crippen LogP) is 4.20. The second-order valence-corrected chi connectivity index (χ2v) is 7.29. The van der Waals surface area contributed by atoms with E-state index in [1.54, 1.807) is 0 Å². The van der Waals surface area contributed by atoms with Crippen LogP contribution < -0.4 is 0 Å². The van der Waals surface area contributed by atoms with Gasteiger partial charge in [0.1, 0.15) is 0 Å². The van der Waals surface area contributed by atoms with Crippen LogP contribution in [0.3, 0.4) is 0 Å². The number of H-pyrrole nitrogens is 1. The lowest BCUT2D eigenvalue weighted by Crippen LogP contribution is -2.35. The Morgan fingerprint density at radius 1 is 1.15 bits per heavy atom. The predicted molar refractivity (Wildman–Crippen MR) is 101 cm³/mol. The molecule has 2 atom stereocenters. The molecule has 1 N–H and O–H groups in total. The Bertz CT molecular complexity index is 985. The van der Waals surface area contributed by atoms with Gasteiger partial charge in [-0.05, 0) is 37.5 Å². The maximum atomic E-state index is 13.2. The molecule has 4 heteroatoms. The SMILES string of the molecule is Cc1[nH]c2ccccc2c1[C@H]1c2ccccc2C(=O)N1C[C@H]1CCCO1. The highest BCUT2D eigenvalue weighted by Crippen LogP contribution is 2.43. The normalized spacial score (nSPS) is 22.3. The van der Waals surface area contributed by atoms with Crippen LogP contribution in [0, 0.1) is 6.92 Å². The summed E-state index contributed by atoms with van der Waals surface area (Å²) in [6, 6.07) is 16.3. The highest BCUT2D eigenvalue weighted by molar-refractivity contribution is 6.01. The molecule has 0 aliphatic carbocycles. The van der Waals surface area contributed by atoms with Gasteiger partial charge in [-0.15, -0.1) is 0 Å². The van der Waals surface area contributed by atoms with Crippen LogP contribution in [0.15, 0.2) is 48.5 Å². The fourth-order valence-electron chi connectivity index (χ4n) is 4.53. The lowest BCUT2D eigenvalue weighted by molar-refractivity contribution is 0.0500. The quantitative estimate of drug-likeness (QED) is 0.772. The molecule has 3 heterocycles. The molecule has 0 saturated carbocycles. The number of carbonyl (C=O) groups excluding carboxylic acids is 1. The van der Waals surface area contributed by atoms with Crippen LogP contribution in [0.5, 0.6) is 0 Å². The second-order valence-electron chi connectivity index (χ2n) is 7.29. The van der Waals surface area contributed by atoms with Crippen LogP contribution in [0.2, 0.25) is 0 Å². The molecule has 0 bridgehead atoms. The van der Waals surface area contributed by atoms with E-state index < -0.39 is 0 Å². The Hall–Kier alpha value is -2.59. The molecule has 0 unspecified atom stereocenters. The Morgan fingerprint density at radius 3 is 2.81 bits per heavy atom. The highest BCUT2D eigenvalue weighted by atomic mass is 16.5. The van der Waals surface area contributed by atoms with Crippen molar-refractivity contribution in [1.82, 2.24) is 9.88 Å². The third-order valence-electron chi connectivity index (χ3n) is 5.70. The first-order valence-electron chi connectivity index (χ1n) is 9.33. The number of aromatic nitrogens is 1. The van der Waals surface area contributed by atoms with Gasteiger partial charge in [0, 0.05) is 40.9 Å². The summed E-state index contributed by atoms with van der Waals surface area (Å²) in [7, 11) is 0. The summed E-state index contributed by atoms with van der Waals surface area (Å²) in [6.07, 6.45) is 2.25. The Balaban J connectivity index is 1.67. The Labute approximate surface area is 152 Å². The number of ether oxygens (including phenoxy) is 1. The molecule has 2 aliphatic heterocycles. The summed E-state index contributed by atoms with van der Waals surface area (Å²) in [5.41, 5.74) is 5.37. The minimum atomic E-state index is -0.0564. The number of para-hydroxylation sites is 1.